The number of ketones is 1. The molecule has 0 aromatic rings. The van der Waals surface area contributed by atoms with E-state index in [0.29, 0.717) is 24.0 Å². The Morgan fingerprint density at radius 1 is 1.64 bits per heavy atom. The molecule has 0 aliphatic carbocycles. The van der Waals surface area contributed by atoms with E-state index in [9.17, 15) is 4.79 Å². The highest BCUT2D eigenvalue weighted by molar-refractivity contribution is 8.76. The van der Waals surface area contributed by atoms with Crippen LogP contribution in [-0.4, -0.2) is 30.9 Å². The molecule has 2 nitrogen and oxygen atoms in total. The quantitative estimate of drug-likeness (QED) is 0.648. The van der Waals surface area contributed by atoms with Gasteiger partial charge in [0.1, 0.15) is 5.78 Å². The monoisotopic (exact) mass is 193 g/mol. The molecule has 0 rings (SSSR count). The first kappa shape index (κ1) is 11.3. The van der Waals surface area contributed by atoms with Gasteiger partial charge < -0.3 is 5.32 Å². The summed E-state index contributed by atoms with van der Waals surface area (Å²) in [7, 11) is 5.26. The summed E-state index contributed by atoms with van der Waals surface area (Å²) in [5.41, 5.74) is 0. The highest BCUT2D eigenvalue weighted by Gasteiger charge is 2.07. The Morgan fingerprint density at radius 2 is 2.27 bits per heavy atom. The van der Waals surface area contributed by atoms with E-state index in [-0.39, 0.29) is 0 Å². The molecule has 11 heavy (non-hydrogen) atoms. The third kappa shape index (κ3) is 6.72. The lowest BCUT2D eigenvalue weighted by molar-refractivity contribution is -0.118. The summed E-state index contributed by atoms with van der Waals surface area (Å²) in [6.45, 7) is 2.58. The molecular weight excluding hydrogens is 178 g/mol. The minimum Gasteiger partial charge on any atom is -0.313 e. The van der Waals surface area contributed by atoms with E-state index in [1.54, 1.807) is 28.6 Å². The predicted octanol–water partition coefficient (Wildman–Crippen LogP) is 1.56. The van der Waals surface area contributed by atoms with Crippen LogP contribution in [0.4, 0.5) is 0 Å². The summed E-state index contributed by atoms with van der Waals surface area (Å²) in [6.07, 6.45) is 2.70. The van der Waals surface area contributed by atoms with E-state index in [0.717, 1.165) is 0 Å². The summed E-state index contributed by atoms with van der Waals surface area (Å²) in [5, 5.41) is 3.29. The van der Waals surface area contributed by atoms with E-state index >= 15 is 0 Å². The van der Waals surface area contributed by atoms with Gasteiger partial charge >= 0.3 is 0 Å². The van der Waals surface area contributed by atoms with Gasteiger partial charge in [0, 0.05) is 11.7 Å². The Balaban J connectivity index is 3.40. The van der Waals surface area contributed by atoms with Crippen LogP contribution in [0.3, 0.4) is 0 Å². The summed E-state index contributed by atoms with van der Waals surface area (Å²) in [4.78, 5) is 11.0. The van der Waals surface area contributed by atoms with Gasteiger partial charge in [-0.15, -0.1) is 0 Å². The molecule has 0 fully saturated rings. The normalized spacial score (nSPS) is 13.0. The van der Waals surface area contributed by atoms with Crippen molar-refractivity contribution in [1.29, 1.82) is 0 Å². The highest BCUT2D eigenvalue weighted by Crippen LogP contribution is 2.25. The van der Waals surface area contributed by atoms with Crippen LogP contribution in [0.15, 0.2) is 0 Å². The SMILES string of the molecule is CNCC(=O)CC(C)SSC. The molecule has 0 aromatic carbocycles. The Morgan fingerprint density at radius 3 is 2.73 bits per heavy atom. The second kappa shape index (κ2) is 7.00. The summed E-state index contributed by atoms with van der Waals surface area (Å²) >= 11 is 0. The van der Waals surface area contributed by atoms with Gasteiger partial charge in [-0.3, -0.25) is 4.79 Å². The molecule has 0 spiro atoms. The van der Waals surface area contributed by atoms with Crippen molar-refractivity contribution in [2.24, 2.45) is 0 Å². The lowest BCUT2D eigenvalue weighted by atomic mass is 10.2. The molecule has 66 valence electrons. The predicted molar refractivity (Wildman–Crippen MR) is 54.1 cm³/mol. The Kier molecular flexibility index (Phi) is 7.22. The third-order valence-electron chi connectivity index (χ3n) is 1.15. The van der Waals surface area contributed by atoms with Crippen molar-refractivity contribution in [3.05, 3.63) is 0 Å². The number of likely N-dealkylation sites (N-methyl/N-ethyl adjacent to an activating group) is 1. The smallest absolute Gasteiger partial charge is 0.147 e. The van der Waals surface area contributed by atoms with Crippen LogP contribution in [0.25, 0.3) is 0 Å². The fourth-order valence-corrected chi connectivity index (χ4v) is 2.56. The first-order valence-electron chi connectivity index (χ1n) is 3.56. The molecule has 0 aliphatic rings. The van der Waals surface area contributed by atoms with E-state index in [2.05, 4.69) is 12.2 Å². The van der Waals surface area contributed by atoms with Gasteiger partial charge in [-0.05, 0) is 13.3 Å². The Bertz CT molecular complexity index is 119. The van der Waals surface area contributed by atoms with Gasteiger partial charge in [-0.2, -0.15) is 0 Å². The van der Waals surface area contributed by atoms with Crippen LogP contribution >= 0.6 is 21.6 Å². The molecule has 0 bridgehead atoms. The maximum atomic E-state index is 11.0. The number of hydrogen-bond donors (Lipinski definition) is 1. The van der Waals surface area contributed by atoms with Crippen LogP contribution in [-0.2, 0) is 4.79 Å². The minimum absolute atomic E-state index is 0.293. The molecule has 0 aromatic heterocycles. The van der Waals surface area contributed by atoms with E-state index in [1.807, 2.05) is 6.26 Å². The molecule has 0 heterocycles. The van der Waals surface area contributed by atoms with E-state index in [1.165, 1.54) is 0 Å². The van der Waals surface area contributed by atoms with Gasteiger partial charge in [-0.1, -0.05) is 28.5 Å². The van der Waals surface area contributed by atoms with Gasteiger partial charge in [0.05, 0.1) is 6.54 Å². The van der Waals surface area contributed by atoms with Gasteiger partial charge in [0.25, 0.3) is 0 Å². The van der Waals surface area contributed by atoms with Crippen molar-refractivity contribution in [1.82, 2.24) is 5.32 Å². The zero-order valence-electron chi connectivity index (χ0n) is 7.22. The van der Waals surface area contributed by atoms with Crippen molar-refractivity contribution in [2.75, 3.05) is 19.8 Å². The van der Waals surface area contributed by atoms with Gasteiger partial charge in [0.2, 0.25) is 0 Å². The average Bonchev–Trinajstić information content (AvgIpc) is 1.87. The molecule has 0 radical (unpaired) electrons. The van der Waals surface area contributed by atoms with Crippen LogP contribution in [0.5, 0.6) is 0 Å². The highest BCUT2D eigenvalue weighted by atomic mass is 33.1. The molecule has 1 unspecified atom stereocenters. The van der Waals surface area contributed by atoms with Crippen molar-refractivity contribution < 1.29 is 4.79 Å². The fourth-order valence-electron chi connectivity index (χ4n) is 0.788. The van der Waals surface area contributed by atoms with Gasteiger partial charge in [0.15, 0.2) is 0 Å². The number of carbonyl (C=O) groups is 1. The molecule has 0 saturated heterocycles. The standard InChI is InChI=1S/C7H15NOS2/c1-6(11-10-3)4-7(9)5-8-2/h6,8H,4-5H2,1-3H3. The van der Waals surface area contributed by atoms with Gasteiger partial charge in [-0.25, -0.2) is 0 Å². The maximum Gasteiger partial charge on any atom is 0.147 e. The average molecular weight is 193 g/mol. The summed E-state index contributed by atoms with van der Waals surface area (Å²) in [6, 6.07) is 0. The molecule has 4 heteroatoms. The fraction of sp³-hybridized carbons (Fsp3) is 0.857. The molecule has 1 atom stereocenters. The molecular formula is C7H15NOS2. The molecule has 0 saturated carbocycles. The van der Waals surface area contributed by atoms with Crippen molar-refractivity contribution in [2.45, 2.75) is 18.6 Å². The number of Topliss-reactive ketones (excluding diaryl/α,β-unsaturated/α-hetero) is 1. The maximum absolute atomic E-state index is 11.0. The molecule has 0 amide bonds. The van der Waals surface area contributed by atoms with Crippen LogP contribution < -0.4 is 5.32 Å². The third-order valence-corrected chi connectivity index (χ3v) is 3.40. The zero-order chi connectivity index (χ0) is 8.69. The molecule has 1 N–H and O–H groups in total. The Labute approximate surface area is 76.3 Å². The molecule has 0 aliphatic heterocycles. The first-order valence-corrected chi connectivity index (χ1v) is 6.18. The summed E-state index contributed by atoms with van der Waals surface area (Å²) in [5.74, 6) is 0.293. The largest absolute Gasteiger partial charge is 0.313 e. The topological polar surface area (TPSA) is 29.1 Å². The second-order valence-electron chi connectivity index (χ2n) is 2.35. The lowest BCUT2D eigenvalue weighted by Gasteiger charge is -2.06. The van der Waals surface area contributed by atoms with Crippen molar-refractivity contribution in [3.8, 4) is 0 Å². The number of carbonyl (C=O) groups excluding carboxylic acids is 1. The number of rotatable bonds is 6. The van der Waals surface area contributed by atoms with Crippen LogP contribution in [0.1, 0.15) is 13.3 Å². The number of nitrogens with one attached hydrogen (secondary N) is 1. The van der Waals surface area contributed by atoms with E-state index in [4.69, 9.17) is 0 Å². The second-order valence-corrected chi connectivity index (χ2v) is 5.25. The zero-order valence-corrected chi connectivity index (χ0v) is 8.85. The Hall–Kier alpha value is 0.330. The van der Waals surface area contributed by atoms with Crippen molar-refractivity contribution >= 4 is 27.4 Å². The van der Waals surface area contributed by atoms with Crippen LogP contribution in [0, 0.1) is 0 Å². The van der Waals surface area contributed by atoms with Crippen molar-refractivity contribution in [3.63, 3.8) is 0 Å². The van der Waals surface area contributed by atoms with Crippen LogP contribution in [0.2, 0.25) is 0 Å². The van der Waals surface area contributed by atoms with E-state index < -0.39 is 0 Å². The summed E-state index contributed by atoms with van der Waals surface area (Å²) < 4.78 is 0. The minimum atomic E-state index is 0.293. The first-order chi connectivity index (χ1) is 5.20. The lowest BCUT2D eigenvalue weighted by Crippen LogP contribution is -2.20. The number of hydrogen-bond acceptors (Lipinski definition) is 4.